The first-order chi connectivity index (χ1) is 10.4. The van der Waals surface area contributed by atoms with Gasteiger partial charge in [-0.3, -0.25) is 9.59 Å². The van der Waals surface area contributed by atoms with Crippen LogP contribution < -0.4 is 5.32 Å². The van der Waals surface area contributed by atoms with Crippen molar-refractivity contribution in [3.8, 4) is 0 Å². The molecule has 120 valence electrons. The lowest BCUT2D eigenvalue weighted by Crippen LogP contribution is -2.36. The van der Waals surface area contributed by atoms with Crippen molar-refractivity contribution >= 4 is 23.5 Å². The highest BCUT2D eigenvalue weighted by atomic mass is 35.5. The van der Waals surface area contributed by atoms with Gasteiger partial charge in [-0.05, 0) is 24.1 Å². The summed E-state index contributed by atoms with van der Waals surface area (Å²) in [4.78, 5) is 23.0. The molecule has 0 saturated carbocycles. The van der Waals surface area contributed by atoms with E-state index in [4.69, 9.17) is 21.4 Å². The molecule has 0 aromatic heterocycles. The highest BCUT2D eigenvalue weighted by Crippen LogP contribution is 2.35. The monoisotopic (exact) mass is 329 g/mol. The van der Waals surface area contributed by atoms with Crippen LogP contribution in [0.2, 0.25) is 5.02 Å². The van der Waals surface area contributed by atoms with Gasteiger partial charge in [-0.2, -0.15) is 0 Å². The van der Waals surface area contributed by atoms with Crippen molar-refractivity contribution in [2.45, 2.75) is 19.4 Å². The van der Waals surface area contributed by atoms with E-state index in [0.29, 0.717) is 18.6 Å². The number of nitrogens with one attached hydrogen (secondary N) is 1. The molecule has 0 spiro atoms. The second kappa shape index (κ2) is 7.07. The Labute approximate surface area is 132 Å². The first kappa shape index (κ1) is 16.7. The molecule has 0 bridgehead atoms. The van der Waals surface area contributed by atoms with Crippen molar-refractivity contribution in [1.29, 1.82) is 0 Å². The Morgan fingerprint density at radius 2 is 2.27 bits per heavy atom. The van der Waals surface area contributed by atoms with E-state index in [0.717, 1.165) is 0 Å². The average Bonchev–Trinajstić information content (AvgIpc) is 2.96. The minimum atomic E-state index is -0.973. The van der Waals surface area contributed by atoms with E-state index >= 15 is 0 Å². The van der Waals surface area contributed by atoms with E-state index < -0.39 is 29.7 Å². The van der Waals surface area contributed by atoms with Crippen LogP contribution in [-0.2, 0) is 14.3 Å². The van der Waals surface area contributed by atoms with Crippen LogP contribution in [0.3, 0.4) is 0 Å². The topological polar surface area (TPSA) is 75.6 Å². The molecule has 1 fully saturated rings. The van der Waals surface area contributed by atoms with Gasteiger partial charge in [0.05, 0.1) is 23.0 Å². The van der Waals surface area contributed by atoms with Crippen molar-refractivity contribution in [3.05, 3.63) is 34.6 Å². The summed E-state index contributed by atoms with van der Waals surface area (Å²) in [5.74, 6) is -2.96. The number of carboxylic acids is 1. The molecule has 0 aliphatic carbocycles. The largest absolute Gasteiger partial charge is 0.481 e. The number of aliphatic carboxylic acids is 1. The Hall–Kier alpha value is -1.66. The second-order valence-corrected chi connectivity index (χ2v) is 5.75. The van der Waals surface area contributed by atoms with Crippen LogP contribution in [0.1, 0.15) is 25.0 Å². The van der Waals surface area contributed by atoms with Gasteiger partial charge in [-0.15, -0.1) is 0 Å². The van der Waals surface area contributed by atoms with E-state index in [-0.39, 0.29) is 17.5 Å². The van der Waals surface area contributed by atoms with E-state index in [1.165, 1.54) is 19.1 Å². The molecule has 1 aromatic rings. The Kier molecular flexibility index (Phi) is 5.37. The third-order valence-electron chi connectivity index (χ3n) is 3.70. The van der Waals surface area contributed by atoms with E-state index in [1.807, 2.05) is 0 Å². The SMILES string of the molecule is CC(CNC(=O)[C@@H]1CCO[C@H]1c1ccc(Cl)c(F)c1)C(=O)O. The van der Waals surface area contributed by atoms with Crippen LogP contribution >= 0.6 is 11.6 Å². The number of amides is 1. The van der Waals surface area contributed by atoms with Gasteiger partial charge >= 0.3 is 5.97 Å². The number of halogens is 2. The number of ether oxygens (including phenoxy) is 1. The van der Waals surface area contributed by atoms with Gasteiger partial charge in [0, 0.05) is 13.2 Å². The lowest BCUT2D eigenvalue weighted by atomic mass is 9.94. The van der Waals surface area contributed by atoms with Gasteiger partial charge in [0.2, 0.25) is 5.91 Å². The number of carbonyl (C=O) groups is 2. The minimum Gasteiger partial charge on any atom is -0.481 e. The highest BCUT2D eigenvalue weighted by Gasteiger charge is 2.35. The average molecular weight is 330 g/mol. The summed E-state index contributed by atoms with van der Waals surface area (Å²) < 4.78 is 19.1. The molecule has 1 unspecified atom stereocenters. The molecule has 7 heteroatoms. The van der Waals surface area contributed by atoms with Crippen LogP contribution in [0.4, 0.5) is 4.39 Å². The number of rotatable bonds is 5. The third-order valence-corrected chi connectivity index (χ3v) is 4.01. The molecule has 0 radical (unpaired) electrons. The van der Waals surface area contributed by atoms with E-state index in [9.17, 15) is 14.0 Å². The highest BCUT2D eigenvalue weighted by molar-refractivity contribution is 6.30. The smallest absolute Gasteiger partial charge is 0.308 e. The summed E-state index contributed by atoms with van der Waals surface area (Å²) in [5.41, 5.74) is 0.547. The number of benzene rings is 1. The number of carbonyl (C=O) groups excluding carboxylic acids is 1. The van der Waals surface area contributed by atoms with Gasteiger partial charge in [-0.25, -0.2) is 4.39 Å². The summed E-state index contributed by atoms with van der Waals surface area (Å²) in [6.45, 7) is 1.95. The third kappa shape index (κ3) is 3.75. The Morgan fingerprint density at radius 1 is 1.55 bits per heavy atom. The molecular weight excluding hydrogens is 313 g/mol. The number of hydrogen-bond donors (Lipinski definition) is 2. The minimum absolute atomic E-state index is 0.0121. The summed E-state index contributed by atoms with van der Waals surface area (Å²) in [6.07, 6.45) is -0.0470. The first-order valence-electron chi connectivity index (χ1n) is 6.97. The lowest BCUT2D eigenvalue weighted by Gasteiger charge is -2.19. The second-order valence-electron chi connectivity index (χ2n) is 5.34. The Balaban J connectivity index is 2.05. The lowest BCUT2D eigenvalue weighted by molar-refractivity contribution is -0.141. The van der Waals surface area contributed by atoms with Crippen LogP contribution in [0.15, 0.2) is 18.2 Å². The predicted octanol–water partition coefficient (Wildman–Crippen LogP) is 2.39. The van der Waals surface area contributed by atoms with Crippen LogP contribution in [0.25, 0.3) is 0 Å². The van der Waals surface area contributed by atoms with Crippen LogP contribution in [-0.4, -0.2) is 30.1 Å². The Morgan fingerprint density at radius 3 is 2.91 bits per heavy atom. The molecule has 1 heterocycles. The molecule has 1 saturated heterocycles. The van der Waals surface area contributed by atoms with Gasteiger partial charge in [-0.1, -0.05) is 24.6 Å². The fraction of sp³-hybridized carbons (Fsp3) is 0.467. The maximum atomic E-state index is 13.6. The fourth-order valence-electron chi connectivity index (χ4n) is 2.35. The zero-order valence-electron chi connectivity index (χ0n) is 12.0. The van der Waals surface area contributed by atoms with Gasteiger partial charge in [0.15, 0.2) is 0 Å². The maximum absolute atomic E-state index is 13.6. The summed E-state index contributed by atoms with van der Waals surface area (Å²) in [5, 5.41) is 11.4. The number of hydrogen-bond acceptors (Lipinski definition) is 3. The zero-order valence-corrected chi connectivity index (χ0v) is 12.8. The van der Waals surface area contributed by atoms with Gasteiger partial charge < -0.3 is 15.2 Å². The molecular formula is C15H17ClFNO4. The molecule has 2 rings (SSSR count). The summed E-state index contributed by atoms with van der Waals surface area (Å²) in [7, 11) is 0. The maximum Gasteiger partial charge on any atom is 0.308 e. The molecule has 3 atom stereocenters. The normalized spacial score (nSPS) is 22.3. The number of carboxylic acid groups (broad SMARTS) is 1. The zero-order chi connectivity index (χ0) is 16.3. The first-order valence-corrected chi connectivity index (χ1v) is 7.35. The molecule has 1 aromatic carbocycles. The van der Waals surface area contributed by atoms with E-state index in [1.54, 1.807) is 6.07 Å². The predicted molar refractivity (Wildman–Crippen MR) is 78.0 cm³/mol. The standard InChI is InChI=1S/C15H17ClFNO4/c1-8(15(20)21)7-18-14(19)10-4-5-22-13(10)9-2-3-11(16)12(17)6-9/h2-3,6,8,10,13H,4-5,7H2,1H3,(H,18,19)(H,20,21)/t8?,10-,13+/m1/s1. The van der Waals surface area contributed by atoms with Gasteiger partial charge in [0.25, 0.3) is 0 Å². The molecule has 1 aliphatic rings. The molecule has 2 N–H and O–H groups in total. The van der Waals surface area contributed by atoms with Crippen LogP contribution in [0.5, 0.6) is 0 Å². The molecule has 1 aliphatic heterocycles. The van der Waals surface area contributed by atoms with Crippen molar-refractivity contribution in [2.24, 2.45) is 11.8 Å². The Bertz CT molecular complexity index is 581. The summed E-state index contributed by atoms with van der Waals surface area (Å²) >= 11 is 5.65. The van der Waals surface area contributed by atoms with Crippen LogP contribution in [0, 0.1) is 17.7 Å². The van der Waals surface area contributed by atoms with Crippen molar-refractivity contribution in [2.75, 3.05) is 13.2 Å². The molecule has 22 heavy (non-hydrogen) atoms. The van der Waals surface area contributed by atoms with E-state index in [2.05, 4.69) is 5.32 Å². The molecule has 5 nitrogen and oxygen atoms in total. The van der Waals surface area contributed by atoms with Crippen molar-refractivity contribution in [1.82, 2.24) is 5.32 Å². The quantitative estimate of drug-likeness (QED) is 0.869. The summed E-state index contributed by atoms with van der Waals surface area (Å²) in [6, 6.07) is 4.31. The van der Waals surface area contributed by atoms with Crippen molar-refractivity contribution < 1.29 is 23.8 Å². The molecule has 1 amide bonds. The van der Waals surface area contributed by atoms with Crippen molar-refractivity contribution in [3.63, 3.8) is 0 Å². The van der Waals surface area contributed by atoms with Gasteiger partial charge in [0.1, 0.15) is 5.82 Å². The fourth-order valence-corrected chi connectivity index (χ4v) is 2.47.